The Balaban J connectivity index is 2.42. The number of nitriles is 1. The number of aryl methyl sites for hydroxylation is 1. The zero-order valence-corrected chi connectivity index (χ0v) is 10.2. The van der Waals surface area contributed by atoms with Crippen LogP contribution < -0.4 is 5.32 Å². The van der Waals surface area contributed by atoms with E-state index in [4.69, 9.17) is 5.26 Å². The van der Waals surface area contributed by atoms with Gasteiger partial charge in [0.1, 0.15) is 18.1 Å². The predicted octanol–water partition coefficient (Wildman–Crippen LogP) is 2.17. The first-order chi connectivity index (χ1) is 9.11. The quantitative estimate of drug-likeness (QED) is 0.917. The third-order valence-corrected chi connectivity index (χ3v) is 2.56. The van der Waals surface area contributed by atoms with Crippen molar-refractivity contribution < 1.29 is 9.18 Å². The molecule has 1 aromatic carbocycles. The van der Waals surface area contributed by atoms with Crippen LogP contribution in [-0.4, -0.2) is 15.5 Å². The van der Waals surface area contributed by atoms with E-state index in [1.165, 1.54) is 12.1 Å². The zero-order valence-electron chi connectivity index (χ0n) is 10.2. The largest absolute Gasteiger partial charge is 0.323 e. The highest BCUT2D eigenvalue weighted by atomic mass is 19.1. The lowest BCUT2D eigenvalue weighted by atomic mass is 10.2. The fourth-order valence-electron chi connectivity index (χ4n) is 1.72. The summed E-state index contributed by atoms with van der Waals surface area (Å²) < 4.78 is 15.0. The maximum absolute atomic E-state index is 13.3. The molecule has 0 saturated carbocycles. The number of hydrogen-bond acceptors (Lipinski definition) is 3. The molecule has 5 nitrogen and oxygen atoms in total. The van der Waals surface area contributed by atoms with Crippen molar-refractivity contribution in [1.29, 1.82) is 5.26 Å². The first-order valence-corrected chi connectivity index (χ1v) is 5.58. The molecule has 0 fully saturated rings. The lowest BCUT2D eigenvalue weighted by Crippen LogP contribution is -2.13. The number of imidazole rings is 1. The van der Waals surface area contributed by atoms with Gasteiger partial charge in [-0.05, 0) is 25.1 Å². The highest BCUT2D eigenvalue weighted by molar-refractivity contribution is 5.94. The van der Waals surface area contributed by atoms with Crippen molar-refractivity contribution in [3.63, 3.8) is 0 Å². The number of hydrogen-bond donors (Lipinski definition) is 1. The van der Waals surface area contributed by atoms with E-state index >= 15 is 0 Å². The van der Waals surface area contributed by atoms with E-state index in [1.807, 2.05) is 0 Å². The van der Waals surface area contributed by atoms with Crippen molar-refractivity contribution in [3.05, 3.63) is 42.2 Å². The maximum atomic E-state index is 13.3. The van der Waals surface area contributed by atoms with E-state index in [1.54, 1.807) is 36.0 Å². The van der Waals surface area contributed by atoms with Crippen LogP contribution in [0.4, 0.5) is 10.1 Å². The lowest BCUT2D eigenvalue weighted by molar-refractivity contribution is -0.115. The number of anilines is 1. The van der Waals surface area contributed by atoms with Gasteiger partial charge in [0.15, 0.2) is 0 Å². The van der Waals surface area contributed by atoms with Crippen LogP contribution in [-0.2, 0) is 4.79 Å². The Kier molecular flexibility index (Phi) is 3.57. The topological polar surface area (TPSA) is 70.7 Å². The summed E-state index contributed by atoms with van der Waals surface area (Å²) in [4.78, 5) is 15.5. The molecule has 1 heterocycles. The van der Waals surface area contributed by atoms with Gasteiger partial charge in [0.05, 0.1) is 17.4 Å². The minimum absolute atomic E-state index is 0.279. The summed E-state index contributed by atoms with van der Waals surface area (Å²) in [7, 11) is 0. The summed E-state index contributed by atoms with van der Waals surface area (Å²) in [5.41, 5.74) is 0.907. The minimum Gasteiger partial charge on any atom is -0.323 e. The molecule has 0 saturated heterocycles. The molecule has 0 radical (unpaired) electrons. The Bertz CT molecular complexity index is 657. The molecule has 0 aliphatic heterocycles. The van der Waals surface area contributed by atoms with Gasteiger partial charge in [-0.1, -0.05) is 0 Å². The number of nitrogens with zero attached hydrogens (tertiary/aromatic N) is 3. The summed E-state index contributed by atoms with van der Waals surface area (Å²) in [6.45, 7) is 1.80. The molecule has 2 aromatic rings. The van der Waals surface area contributed by atoms with Gasteiger partial charge in [-0.3, -0.25) is 4.79 Å². The first-order valence-electron chi connectivity index (χ1n) is 5.58. The predicted molar refractivity (Wildman–Crippen MR) is 67.1 cm³/mol. The molecule has 19 heavy (non-hydrogen) atoms. The normalized spacial score (nSPS) is 9.95. The number of carbonyl (C=O) groups is 1. The summed E-state index contributed by atoms with van der Waals surface area (Å²) >= 11 is 0. The Morgan fingerprint density at radius 1 is 1.58 bits per heavy atom. The fraction of sp³-hybridized carbons (Fsp3) is 0.154. The number of amides is 1. The van der Waals surface area contributed by atoms with Gasteiger partial charge in [0.25, 0.3) is 0 Å². The van der Waals surface area contributed by atoms with Crippen LogP contribution in [0.1, 0.15) is 12.2 Å². The van der Waals surface area contributed by atoms with Crippen LogP contribution in [0.5, 0.6) is 0 Å². The highest BCUT2D eigenvalue weighted by Crippen LogP contribution is 2.22. The van der Waals surface area contributed by atoms with Crippen LogP contribution in [0.2, 0.25) is 0 Å². The minimum atomic E-state index is -0.480. The summed E-state index contributed by atoms with van der Waals surface area (Å²) in [6, 6.07) is 5.80. The van der Waals surface area contributed by atoms with E-state index in [0.717, 1.165) is 0 Å². The fourth-order valence-corrected chi connectivity index (χ4v) is 1.72. The number of aromatic nitrogens is 2. The van der Waals surface area contributed by atoms with Gasteiger partial charge in [0.2, 0.25) is 5.91 Å². The van der Waals surface area contributed by atoms with E-state index in [-0.39, 0.29) is 6.42 Å². The Morgan fingerprint density at radius 2 is 2.37 bits per heavy atom. The second kappa shape index (κ2) is 5.31. The number of nitrogens with one attached hydrogen (secondary N) is 1. The molecule has 96 valence electrons. The molecule has 6 heteroatoms. The third kappa shape index (κ3) is 2.77. The monoisotopic (exact) mass is 258 g/mol. The van der Waals surface area contributed by atoms with Gasteiger partial charge in [-0.2, -0.15) is 5.26 Å². The summed E-state index contributed by atoms with van der Waals surface area (Å²) in [5.74, 6) is -0.233. The molecule has 0 atom stereocenters. The van der Waals surface area contributed by atoms with Gasteiger partial charge in [-0.25, -0.2) is 9.37 Å². The van der Waals surface area contributed by atoms with Crippen molar-refractivity contribution in [2.24, 2.45) is 0 Å². The van der Waals surface area contributed by atoms with E-state index in [2.05, 4.69) is 10.3 Å². The highest BCUT2D eigenvalue weighted by Gasteiger charge is 2.11. The van der Waals surface area contributed by atoms with Crippen LogP contribution in [0.3, 0.4) is 0 Å². The lowest BCUT2D eigenvalue weighted by Gasteiger charge is -2.12. The second-order valence-electron chi connectivity index (χ2n) is 3.89. The Labute approximate surface area is 109 Å². The molecular weight excluding hydrogens is 247 g/mol. The SMILES string of the molecule is Cc1nccn1-c1ccc(F)cc1NC(=O)CC#N. The standard InChI is InChI=1S/C13H11FN4O/c1-9-16-6-7-18(9)12-3-2-10(14)8-11(12)17-13(19)4-5-15/h2-3,6-8H,4H2,1H3,(H,17,19). The van der Waals surface area contributed by atoms with E-state index < -0.39 is 11.7 Å². The molecule has 0 aliphatic carbocycles. The van der Waals surface area contributed by atoms with Crippen LogP contribution >= 0.6 is 0 Å². The summed E-state index contributed by atoms with van der Waals surface area (Å²) in [6.07, 6.45) is 3.04. The molecular formula is C13H11FN4O. The molecule has 0 unspecified atom stereocenters. The van der Waals surface area contributed by atoms with Crippen molar-refractivity contribution >= 4 is 11.6 Å². The molecule has 0 aliphatic rings. The number of benzene rings is 1. The van der Waals surface area contributed by atoms with Crippen molar-refractivity contribution in [2.75, 3.05) is 5.32 Å². The van der Waals surface area contributed by atoms with Crippen molar-refractivity contribution in [3.8, 4) is 11.8 Å². The number of carbonyl (C=O) groups excluding carboxylic acids is 1. The molecule has 0 bridgehead atoms. The van der Waals surface area contributed by atoms with E-state index in [9.17, 15) is 9.18 Å². The van der Waals surface area contributed by atoms with Crippen molar-refractivity contribution in [2.45, 2.75) is 13.3 Å². The molecule has 2 rings (SSSR count). The maximum Gasteiger partial charge on any atom is 0.238 e. The number of halogens is 1. The first kappa shape index (κ1) is 12.8. The van der Waals surface area contributed by atoms with Crippen LogP contribution in [0.15, 0.2) is 30.6 Å². The zero-order chi connectivity index (χ0) is 13.8. The van der Waals surface area contributed by atoms with Gasteiger partial charge < -0.3 is 9.88 Å². The van der Waals surface area contributed by atoms with Gasteiger partial charge >= 0.3 is 0 Å². The second-order valence-corrected chi connectivity index (χ2v) is 3.89. The molecule has 1 N–H and O–H groups in total. The average molecular weight is 258 g/mol. The molecule has 1 aromatic heterocycles. The third-order valence-electron chi connectivity index (χ3n) is 2.56. The van der Waals surface area contributed by atoms with E-state index in [0.29, 0.717) is 17.2 Å². The Hall–Kier alpha value is -2.68. The Morgan fingerprint density at radius 3 is 3.00 bits per heavy atom. The average Bonchev–Trinajstić information content (AvgIpc) is 2.76. The van der Waals surface area contributed by atoms with Crippen molar-refractivity contribution in [1.82, 2.24) is 9.55 Å². The number of rotatable bonds is 3. The van der Waals surface area contributed by atoms with Gasteiger partial charge in [-0.15, -0.1) is 0 Å². The molecule has 1 amide bonds. The smallest absolute Gasteiger partial charge is 0.238 e. The summed E-state index contributed by atoms with van der Waals surface area (Å²) in [5, 5.41) is 11.0. The molecule has 0 spiro atoms. The van der Waals surface area contributed by atoms with Gasteiger partial charge in [0, 0.05) is 12.4 Å². The van der Waals surface area contributed by atoms with Crippen LogP contribution in [0.25, 0.3) is 5.69 Å². The van der Waals surface area contributed by atoms with Crippen LogP contribution in [0, 0.1) is 24.1 Å².